The van der Waals surface area contributed by atoms with Crippen molar-refractivity contribution in [2.24, 2.45) is 11.8 Å². The summed E-state index contributed by atoms with van der Waals surface area (Å²) >= 11 is 0. The highest BCUT2D eigenvalue weighted by Crippen LogP contribution is 2.37. The first-order valence-electron chi connectivity index (χ1n) is 10.7. The fraction of sp³-hybridized carbons (Fsp3) is 0.857. The number of rotatable bonds is 3. The van der Waals surface area contributed by atoms with E-state index in [1.54, 1.807) is 0 Å². The number of amides is 2. The van der Waals surface area contributed by atoms with Crippen LogP contribution in [0.3, 0.4) is 0 Å². The van der Waals surface area contributed by atoms with Gasteiger partial charge in [-0.2, -0.15) is 0 Å². The average Bonchev–Trinajstić information content (AvgIpc) is 3.08. The minimum atomic E-state index is 0.0813. The van der Waals surface area contributed by atoms with Gasteiger partial charge in [0.15, 0.2) is 0 Å². The minimum absolute atomic E-state index is 0.0813. The molecule has 0 N–H and O–H groups in total. The molecule has 0 spiro atoms. The van der Waals surface area contributed by atoms with Crippen molar-refractivity contribution in [1.82, 2.24) is 9.80 Å². The lowest BCUT2D eigenvalue weighted by Crippen LogP contribution is -2.50. The van der Waals surface area contributed by atoms with E-state index >= 15 is 0 Å². The van der Waals surface area contributed by atoms with Crippen molar-refractivity contribution in [3.63, 3.8) is 0 Å². The smallest absolute Gasteiger partial charge is 0.223 e. The first kappa shape index (κ1) is 18.0. The SMILES string of the molecule is O=C1CCC2CCN(C(=O)CCC(=O)N3CCCC4CCCCC43)C2C1. The topological polar surface area (TPSA) is 57.7 Å². The maximum Gasteiger partial charge on any atom is 0.223 e. The Morgan fingerprint density at radius 2 is 1.42 bits per heavy atom. The quantitative estimate of drug-likeness (QED) is 0.777. The van der Waals surface area contributed by atoms with Crippen molar-refractivity contribution in [3.8, 4) is 0 Å². The van der Waals surface area contributed by atoms with Gasteiger partial charge in [-0.05, 0) is 50.4 Å². The van der Waals surface area contributed by atoms with Gasteiger partial charge in [-0.1, -0.05) is 12.8 Å². The van der Waals surface area contributed by atoms with E-state index in [4.69, 9.17) is 0 Å². The van der Waals surface area contributed by atoms with Gasteiger partial charge in [0.05, 0.1) is 0 Å². The molecule has 0 aromatic carbocycles. The van der Waals surface area contributed by atoms with Gasteiger partial charge in [-0.25, -0.2) is 0 Å². The monoisotopic (exact) mass is 360 g/mol. The van der Waals surface area contributed by atoms with E-state index < -0.39 is 0 Å². The van der Waals surface area contributed by atoms with Crippen LogP contribution in [0.2, 0.25) is 0 Å². The van der Waals surface area contributed by atoms with Crippen LogP contribution in [0.5, 0.6) is 0 Å². The largest absolute Gasteiger partial charge is 0.339 e. The molecular formula is C21H32N2O3. The Morgan fingerprint density at radius 3 is 2.23 bits per heavy atom. The van der Waals surface area contributed by atoms with E-state index in [0.717, 1.165) is 38.8 Å². The van der Waals surface area contributed by atoms with Gasteiger partial charge < -0.3 is 9.80 Å². The number of likely N-dealkylation sites (tertiary alicyclic amines) is 2. The molecule has 144 valence electrons. The van der Waals surface area contributed by atoms with Crippen LogP contribution >= 0.6 is 0 Å². The highest BCUT2D eigenvalue weighted by molar-refractivity contribution is 5.86. The van der Waals surface area contributed by atoms with Crippen LogP contribution in [0.25, 0.3) is 0 Å². The number of fused-ring (bicyclic) bond motifs is 2. The molecule has 26 heavy (non-hydrogen) atoms. The lowest BCUT2D eigenvalue weighted by atomic mass is 9.78. The Hall–Kier alpha value is -1.39. The third-order valence-electron chi connectivity index (χ3n) is 7.35. The first-order chi connectivity index (χ1) is 12.6. The minimum Gasteiger partial charge on any atom is -0.339 e. The molecule has 4 unspecified atom stereocenters. The second kappa shape index (κ2) is 7.69. The fourth-order valence-electron chi connectivity index (χ4n) is 5.96. The molecule has 5 nitrogen and oxygen atoms in total. The standard InChI is InChI=1S/C21H32N2O3/c24-17-8-7-16-11-13-23(19(16)14-17)21(26)10-9-20(25)22-12-3-5-15-4-1-2-6-18(15)22/h15-16,18-19H,1-14H2. The first-order valence-corrected chi connectivity index (χ1v) is 10.7. The van der Waals surface area contributed by atoms with Gasteiger partial charge in [-0.3, -0.25) is 14.4 Å². The lowest BCUT2D eigenvalue weighted by Gasteiger charge is -2.44. The summed E-state index contributed by atoms with van der Waals surface area (Å²) in [6, 6.07) is 0.531. The van der Waals surface area contributed by atoms with E-state index in [9.17, 15) is 14.4 Å². The maximum atomic E-state index is 12.8. The summed E-state index contributed by atoms with van der Waals surface area (Å²) < 4.78 is 0. The Bertz CT molecular complexity index is 574. The molecule has 4 aliphatic rings. The van der Waals surface area contributed by atoms with Crippen molar-refractivity contribution in [2.75, 3.05) is 13.1 Å². The second-order valence-electron chi connectivity index (χ2n) is 8.83. The van der Waals surface area contributed by atoms with E-state index in [0.29, 0.717) is 49.3 Å². The van der Waals surface area contributed by atoms with Crippen LogP contribution in [0.15, 0.2) is 0 Å². The summed E-state index contributed by atoms with van der Waals surface area (Å²) in [7, 11) is 0. The molecule has 0 bridgehead atoms. The van der Waals surface area contributed by atoms with Gasteiger partial charge in [0.2, 0.25) is 11.8 Å². The van der Waals surface area contributed by atoms with Crippen molar-refractivity contribution >= 4 is 17.6 Å². The molecular weight excluding hydrogens is 328 g/mol. The molecule has 2 saturated carbocycles. The van der Waals surface area contributed by atoms with Crippen LogP contribution in [0.4, 0.5) is 0 Å². The second-order valence-corrected chi connectivity index (χ2v) is 8.83. The van der Waals surface area contributed by atoms with E-state index in [1.807, 2.05) is 4.90 Å². The summed E-state index contributed by atoms with van der Waals surface area (Å²) in [5.41, 5.74) is 0. The molecule has 5 heteroatoms. The number of piperidine rings is 1. The van der Waals surface area contributed by atoms with E-state index in [1.165, 1.54) is 25.7 Å². The molecule has 2 amide bonds. The molecule has 4 rings (SSSR count). The molecule has 2 aliphatic heterocycles. The van der Waals surface area contributed by atoms with Crippen LogP contribution < -0.4 is 0 Å². The van der Waals surface area contributed by atoms with Gasteiger partial charge in [0.1, 0.15) is 5.78 Å². The average molecular weight is 360 g/mol. The Balaban J connectivity index is 1.31. The van der Waals surface area contributed by atoms with Gasteiger partial charge in [0, 0.05) is 50.9 Å². The molecule has 2 aliphatic carbocycles. The summed E-state index contributed by atoms with van der Waals surface area (Å²) in [4.78, 5) is 41.3. The predicted molar refractivity (Wildman–Crippen MR) is 98.4 cm³/mol. The number of carbonyl (C=O) groups is 3. The predicted octanol–water partition coefficient (Wildman–Crippen LogP) is 2.92. The Kier molecular flexibility index (Phi) is 5.32. The maximum absolute atomic E-state index is 12.8. The molecule has 2 saturated heterocycles. The van der Waals surface area contributed by atoms with Gasteiger partial charge in [-0.15, -0.1) is 0 Å². The summed E-state index contributed by atoms with van der Waals surface area (Å²) in [5.74, 6) is 1.73. The fourth-order valence-corrected chi connectivity index (χ4v) is 5.96. The normalized spacial score (nSPS) is 34.4. The van der Waals surface area contributed by atoms with Crippen molar-refractivity contribution in [2.45, 2.75) is 89.1 Å². The highest BCUT2D eigenvalue weighted by Gasteiger charge is 2.41. The van der Waals surface area contributed by atoms with Crippen LogP contribution in [-0.4, -0.2) is 52.6 Å². The zero-order valence-corrected chi connectivity index (χ0v) is 15.8. The summed E-state index contributed by atoms with van der Waals surface area (Å²) in [6.45, 7) is 1.64. The Morgan fingerprint density at radius 1 is 0.769 bits per heavy atom. The van der Waals surface area contributed by atoms with Crippen molar-refractivity contribution in [3.05, 3.63) is 0 Å². The van der Waals surface area contributed by atoms with E-state index in [-0.39, 0.29) is 17.9 Å². The number of nitrogens with zero attached hydrogens (tertiary/aromatic N) is 2. The number of ketones is 1. The molecule has 4 fully saturated rings. The number of hydrogen-bond acceptors (Lipinski definition) is 3. The highest BCUT2D eigenvalue weighted by atomic mass is 16.2. The third-order valence-corrected chi connectivity index (χ3v) is 7.35. The molecule has 0 radical (unpaired) electrons. The summed E-state index contributed by atoms with van der Waals surface area (Å²) in [6.07, 6.45) is 11.1. The molecule has 0 aromatic heterocycles. The van der Waals surface area contributed by atoms with Crippen molar-refractivity contribution in [1.29, 1.82) is 0 Å². The molecule has 0 aromatic rings. The van der Waals surface area contributed by atoms with Gasteiger partial charge in [0.25, 0.3) is 0 Å². The van der Waals surface area contributed by atoms with Crippen LogP contribution in [0.1, 0.15) is 77.0 Å². The molecule has 4 atom stereocenters. The lowest BCUT2D eigenvalue weighted by molar-refractivity contribution is -0.142. The van der Waals surface area contributed by atoms with Crippen LogP contribution in [0, 0.1) is 11.8 Å². The zero-order valence-electron chi connectivity index (χ0n) is 15.8. The zero-order chi connectivity index (χ0) is 18.1. The third kappa shape index (κ3) is 3.54. The number of hydrogen-bond donors (Lipinski definition) is 0. The number of Topliss-reactive ketones (excluding diaryl/α,β-unsaturated/α-hetero) is 1. The van der Waals surface area contributed by atoms with Gasteiger partial charge >= 0.3 is 0 Å². The summed E-state index contributed by atoms with van der Waals surface area (Å²) in [5, 5.41) is 0. The van der Waals surface area contributed by atoms with Crippen molar-refractivity contribution < 1.29 is 14.4 Å². The number of carbonyl (C=O) groups excluding carboxylic acids is 3. The van der Waals surface area contributed by atoms with E-state index in [2.05, 4.69) is 4.90 Å². The Labute approximate surface area is 156 Å². The molecule has 2 heterocycles. The van der Waals surface area contributed by atoms with Crippen LogP contribution in [-0.2, 0) is 14.4 Å².